The number of hydrogen-bond acceptors (Lipinski definition) is 6. The zero-order chi connectivity index (χ0) is 24.3. The Morgan fingerprint density at radius 2 is 1.97 bits per heavy atom. The average molecular weight is 471 g/mol. The lowest BCUT2D eigenvalue weighted by atomic mass is 9.91. The first kappa shape index (κ1) is 21.3. The summed E-state index contributed by atoms with van der Waals surface area (Å²) in [5.41, 5.74) is 9.14. The first-order valence-corrected chi connectivity index (χ1v) is 11.5. The molecule has 1 fully saturated rings. The van der Waals surface area contributed by atoms with Gasteiger partial charge in [-0.15, -0.1) is 0 Å². The van der Waals surface area contributed by atoms with Crippen LogP contribution in [0.15, 0.2) is 53.6 Å². The standard InChI is InChI=1S/C26H23FN6O2/c1-14-4-2-5-15-9-19(33(18-6-3-7-18)26(35)21(14)15)12-32-25-22(24(28)29-13-30-25)23(31-32)16-8-17(27)11-20(34)10-16/h2,4-5,8-11,13,18,34H,3,6-7,12H2,1H3,(H2,28,29,30). The third-order valence-electron chi connectivity index (χ3n) is 6.84. The van der Waals surface area contributed by atoms with Crippen LogP contribution in [-0.4, -0.2) is 29.4 Å². The van der Waals surface area contributed by atoms with E-state index in [1.807, 2.05) is 35.8 Å². The molecular formula is C26H23FN6O2. The summed E-state index contributed by atoms with van der Waals surface area (Å²) in [5, 5.41) is 16.7. The zero-order valence-corrected chi connectivity index (χ0v) is 19.1. The van der Waals surface area contributed by atoms with Gasteiger partial charge < -0.3 is 15.4 Å². The highest BCUT2D eigenvalue weighted by molar-refractivity contribution is 5.98. The number of phenolic OH excluding ortho intramolecular Hbond substituents is 1. The molecule has 8 nitrogen and oxygen atoms in total. The summed E-state index contributed by atoms with van der Waals surface area (Å²) in [6.07, 6.45) is 4.34. The molecule has 0 amide bonds. The first-order valence-electron chi connectivity index (χ1n) is 11.5. The molecule has 2 aromatic carbocycles. The Bertz CT molecular complexity index is 1670. The Morgan fingerprint density at radius 3 is 2.71 bits per heavy atom. The fourth-order valence-corrected chi connectivity index (χ4v) is 4.98. The Hall–Kier alpha value is -4.27. The molecule has 0 aliphatic heterocycles. The highest BCUT2D eigenvalue weighted by atomic mass is 19.1. The van der Waals surface area contributed by atoms with Crippen LogP contribution in [-0.2, 0) is 6.54 Å². The van der Waals surface area contributed by atoms with Gasteiger partial charge in [-0.05, 0) is 55.3 Å². The van der Waals surface area contributed by atoms with Crippen LogP contribution >= 0.6 is 0 Å². The second-order valence-electron chi connectivity index (χ2n) is 9.10. The predicted octanol–water partition coefficient (Wildman–Crippen LogP) is 4.32. The van der Waals surface area contributed by atoms with Gasteiger partial charge in [-0.2, -0.15) is 5.10 Å². The molecule has 3 N–H and O–H groups in total. The van der Waals surface area contributed by atoms with Crippen LogP contribution in [0.4, 0.5) is 10.2 Å². The van der Waals surface area contributed by atoms with E-state index in [1.54, 1.807) is 4.68 Å². The van der Waals surface area contributed by atoms with Crippen molar-refractivity contribution in [2.75, 3.05) is 5.73 Å². The van der Waals surface area contributed by atoms with Crippen molar-refractivity contribution in [3.8, 4) is 17.0 Å². The van der Waals surface area contributed by atoms with Gasteiger partial charge in [0.1, 0.15) is 29.4 Å². The first-order chi connectivity index (χ1) is 16.9. The summed E-state index contributed by atoms with van der Waals surface area (Å²) in [7, 11) is 0. The molecule has 35 heavy (non-hydrogen) atoms. The number of benzene rings is 2. The van der Waals surface area contributed by atoms with E-state index < -0.39 is 5.82 Å². The normalized spacial score (nSPS) is 14.0. The highest BCUT2D eigenvalue weighted by Crippen LogP contribution is 2.35. The largest absolute Gasteiger partial charge is 0.508 e. The van der Waals surface area contributed by atoms with Crippen molar-refractivity contribution >= 4 is 27.6 Å². The van der Waals surface area contributed by atoms with Crippen molar-refractivity contribution in [2.45, 2.75) is 38.8 Å². The minimum absolute atomic E-state index is 0.00109. The molecule has 6 rings (SSSR count). The number of aryl methyl sites for hydroxylation is 1. The van der Waals surface area contributed by atoms with Crippen LogP contribution in [0.25, 0.3) is 33.1 Å². The van der Waals surface area contributed by atoms with Crippen LogP contribution in [0.2, 0.25) is 0 Å². The molecule has 0 unspecified atom stereocenters. The maximum atomic E-state index is 14.1. The molecule has 0 bridgehead atoms. The summed E-state index contributed by atoms with van der Waals surface area (Å²) < 4.78 is 17.6. The third kappa shape index (κ3) is 3.42. The number of rotatable bonds is 4. The van der Waals surface area contributed by atoms with E-state index in [0.29, 0.717) is 22.3 Å². The molecule has 9 heteroatoms. The number of nitrogens with two attached hydrogens (primary N) is 1. The average Bonchev–Trinajstić information content (AvgIpc) is 3.14. The van der Waals surface area contributed by atoms with Crippen molar-refractivity contribution in [1.82, 2.24) is 24.3 Å². The number of phenols is 1. The van der Waals surface area contributed by atoms with Gasteiger partial charge in [-0.1, -0.05) is 18.2 Å². The van der Waals surface area contributed by atoms with E-state index >= 15 is 0 Å². The Morgan fingerprint density at radius 1 is 1.14 bits per heavy atom. The van der Waals surface area contributed by atoms with Gasteiger partial charge in [0.05, 0.1) is 17.3 Å². The van der Waals surface area contributed by atoms with Crippen LogP contribution < -0.4 is 11.3 Å². The third-order valence-corrected chi connectivity index (χ3v) is 6.84. The number of pyridine rings is 1. The van der Waals surface area contributed by atoms with E-state index in [4.69, 9.17) is 10.8 Å². The quantitative estimate of drug-likeness (QED) is 0.405. The van der Waals surface area contributed by atoms with Gasteiger partial charge in [-0.3, -0.25) is 4.79 Å². The smallest absolute Gasteiger partial charge is 0.259 e. The predicted molar refractivity (Wildman–Crippen MR) is 132 cm³/mol. The number of aromatic hydroxyl groups is 1. The van der Waals surface area contributed by atoms with Crippen molar-refractivity contribution in [2.24, 2.45) is 0 Å². The fourth-order valence-electron chi connectivity index (χ4n) is 4.98. The highest BCUT2D eigenvalue weighted by Gasteiger charge is 2.26. The van der Waals surface area contributed by atoms with Gasteiger partial charge in [0.2, 0.25) is 0 Å². The fraction of sp³-hybridized carbons (Fsp3) is 0.231. The monoisotopic (exact) mass is 470 g/mol. The summed E-state index contributed by atoms with van der Waals surface area (Å²) >= 11 is 0. The molecule has 3 aromatic heterocycles. The van der Waals surface area contributed by atoms with E-state index in [1.165, 1.54) is 18.5 Å². The number of fused-ring (bicyclic) bond motifs is 2. The molecule has 1 aliphatic carbocycles. The molecule has 0 atom stereocenters. The number of hydrogen-bond donors (Lipinski definition) is 2. The lowest BCUT2D eigenvalue weighted by molar-refractivity contribution is 0.298. The van der Waals surface area contributed by atoms with Crippen molar-refractivity contribution in [1.29, 1.82) is 0 Å². The molecule has 3 heterocycles. The molecule has 5 aromatic rings. The van der Waals surface area contributed by atoms with Gasteiger partial charge in [0.25, 0.3) is 5.56 Å². The van der Waals surface area contributed by atoms with Crippen molar-refractivity contribution in [3.05, 3.63) is 76.2 Å². The minimum Gasteiger partial charge on any atom is -0.508 e. The SMILES string of the molecule is Cc1cccc2cc(Cn3nc(-c4cc(O)cc(F)c4)c4c(N)ncnc43)n(C3CCC3)c(=O)c12. The van der Waals surface area contributed by atoms with Gasteiger partial charge >= 0.3 is 0 Å². The number of aromatic nitrogens is 5. The van der Waals surface area contributed by atoms with Crippen LogP contribution in [0.3, 0.4) is 0 Å². The lowest BCUT2D eigenvalue weighted by Gasteiger charge is -2.30. The van der Waals surface area contributed by atoms with Crippen LogP contribution in [0.5, 0.6) is 5.75 Å². The second-order valence-corrected chi connectivity index (χ2v) is 9.10. The second kappa shape index (κ2) is 7.90. The Kier molecular flexibility index (Phi) is 4.80. The lowest BCUT2D eigenvalue weighted by Crippen LogP contribution is -2.32. The summed E-state index contributed by atoms with van der Waals surface area (Å²) in [4.78, 5) is 22.1. The number of nitrogens with zero attached hydrogens (tertiary/aromatic N) is 5. The van der Waals surface area contributed by atoms with Gasteiger partial charge in [0, 0.05) is 23.4 Å². The summed E-state index contributed by atoms with van der Waals surface area (Å²) in [5.74, 6) is -0.616. The minimum atomic E-state index is -0.596. The summed E-state index contributed by atoms with van der Waals surface area (Å²) in [6, 6.07) is 11.7. The molecule has 1 saturated carbocycles. The zero-order valence-electron chi connectivity index (χ0n) is 19.1. The number of halogens is 1. The van der Waals surface area contributed by atoms with E-state index in [-0.39, 0.29) is 29.7 Å². The Labute approximate surface area is 199 Å². The maximum Gasteiger partial charge on any atom is 0.259 e. The van der Waals surface area contributed by atoms with E-state index in [2.05, 4.69) is 9.97 Å². The van der Waals surface area contributed by atoms with Crippen molar-refractivity contribution < 1.29 is 9.50 Å². The maximum absolute atomic E-state index is 14.1. The van der Waals surface area contributed by atoms with Gasteiger partial charge in [-0.25, -0.2) is 19.0 Å². The van der Waals surface area contributed by atoms with Crippen LogP contribution in [0.1, 0.15) is 36.6 Å². The molecular weight excluding hydrogens is 447 g/mol. The van der Waals surface area contributed by atoms with E-state index in [0.717, 1.165) is 47.4 Å². The molecule has 1 aliphatic rings. The summed E-state index contributed by atoms with van der Waals surface area (Å²) in [6.45, 7) is 2.22. The number of anilines is 1. The molecule has 0 spiro atoms. The topological polar surface area (TPSA) is 112 Å². The van der Waals surface area contributed by atoms with Crippen LogP contribution in [0, 0.1) is 12.7 Å². The van der Waals surface area contributed by atoms with E-state index in [9.17, 15) is 14.3 Å². The number of nitrogen functional groups attached to an aromatic ring is 1. The Balaban J connectivity index is 1.57. The van der Waals surface area contributed by atoms with Crippen molar-refractivity contribution in [3.63, 3.8) is 0 Å². The van der Waals surface area contributed by atoms with Gasteiger partial charge in [0.15, 0.2) is 5.65 Å². The molecule has 176 valence electrons. The molecule has 0 saturated heterocycles. The molecule has 0 radical (unpaired) electrons.